The Morgan fingerprint density at radius 1 is 1.11 bits per heavy atom. The SMILES string of the molecule is Clc1ccc2c(c1)NCC(c1cccc(Cl)c1Cl)O2. The molecule has 1 atom stereocenters. The van der Waals surface area contributed by atoms with Crippen LogP contribution in [0, 0.1) is 0 Å². The van der Waals surface area contributed by atoms with E-state index in [0.717, 1.165) is 17.0 Å². The van der Waals surface area contributed by atoms with Crippen molar-refractivity contribution in [1.82, 2.24) is 0 Å². The van der Waals surface area contributed by atoms with Crippen LogP contribution in [0.4, 0.5) is 5.69 Å². The van der Waals surface area contributed by atoms with E-state index in [9.17, 15) is 0 Å². The van der Waals surface area contributed by atoms with E-state index in [1.165, 1.54) is 0 Å². The molecule has 3 rings (SSSR count). The van der Waals surface area contributed by atoms with Crippen LogP contribution in [-0.4, -0.2) is 6.54 Å². The molecule has 1 aliphatic rings. The lowest BCUT2D eigenvalue weighted by Crippen LogP contribution is -2.23. The van der Waals surface area contributed by atoms with Gasteiger partial charge in [0.15, 0.2) is 0 Å². The fourth-order valence-electron chi connectivity index (χ4n) is 2.08. The van der Waals surface area contributed by atoms with Gasteiger partial charge in [0.2, 0.25) is 0 Å². The number of rotatable bonds is 1. The number of anilines is 1. The average Bonchev–Trinajstić information content (AvgIpc) is 2.41. The first-order chi connectivity index (χ1) is 9.15. The molecule has 2 nitrogen and oxygen atoms in total. The maximum absolute atomic E-state index is 6.22. The second-order valence-corrected chi connectivity index (χ2v) is 5.49. The molecule has 2 aromatic carbocycles. The zero-order chi connectivity index (χ0) is 13.4. The maximum atomic E-state index is 6.22. The van der Waals surface area contributed by atoms with Crippen LogP contribution in [0.3, 0.4) is 0 Å². The summed E-state index contributed by atoms with van der Waals surface area (Å²) in [7, 11) is 0. The van der Waals surface area contributed by atoms with E-state index in [1.807, 2.05) is 24.3 Å². The highest BCUT2D eigenvalue weighted by Crippen LogP contribution is 2.38. The van der Waals surface area contributed by atoms with E-state index in [-0.39, 0.29) is 6.10 Å². The molecule has 1 aliphatic heterocycles. The largest absolute Gasteiger partial charge is 0.482 e. The maximum Gasteiger partial charge on any atom is 0.143 e. The average molecular weight is 315 g/mol. The summed E-state index contributed by atoms with van der Waals surface area (Å²) in [5.41, 5.74) is 1.77. The lowest BCUT2D eigenvalue weighted by atomic mass is 10.1. The van der Waals surface area contributed by atoms with Gasteiger partial charge in [0, 0.05) is 10.6 Å². The number of nitrogens with one attached hydrogen (secondary N) is 1. The smallest absolute Gasteiger partial charge is 0.143 e. The Balaban J connectivity index is 1.93. The molecule has 0 radical (unpaired) electrons. The van der Waals surface area contributed by atoms with Crippen molar-refractivity contribution < 1.29 is 4.74 Å². The molecule has 1 N–H and O–H groups in total. The summed E-state index contributed by atoms with van der Waals surface area (Å²) in [5.74, 6) is 0.761. The minimum Gasteiger partial charge on any atom is -0.482 e. The fraction of sp³-hybridized carbons (Fsp3) is 0.143. The van der Waals surface area contributed by atoms with Gasteiger partial charge in [-0.05, 0) is 24.3 Å². The van der Waals surface area contributed by atoms with Crippen LogP contribution >= 0.6 is 34.8 Å². The molecule has 0 saturated carbocycles. The molecule has 5 heteroatoms. The molecule has 0 fully saturated rings. The van der Waals surface area contributed by atoms with Crippen molar-refractivity contribution in [2.45, 2.75) is 6.10 Å². The van der Waals surface area contributed by atoms with Gasteiger partial charge in [0.25, 0.3) is 0 Å². The molecule has 1 unspecified atom stereocenters. The molecule has 2 aromatic rings. The van der Waals surface area contributed by atoms with Gasteiger partial charge >= 0.3 is 0 Å². The summed E-state index contributed by atoms with van der Waals surface area (Å²) in [6, 6.07) is 11.0. The van der Waals surface area contributed by atoms with Crippen LogP contribution in [0.2, 0.25) is 15.1 Å². The standard InChI is InChI=1S/C14H10Cl3NO/c15-8-4-5-12-11(6-8)18-7-13(19-12)9-2-1-3-10(16)14(9)17/h1-6,13,18H,7H2. The van der Waals surface area contributed by atoms with Crippen molar-refractivity contribution in [3.8, 4) is 5.75 Å². The van der Waals surface area contributed by atoms with E-state index >= 15 is 0 Å². The van der Waals surface area contributed by atoms with E-state index in [4.69, 9.17) is 39.5 Å². The predicted molar refractivity (Wildman–Crippen MR) is 79.8 cm³/mol. The van der Waals surface area contributed by atoms with E-state index < -0.39 is 0 Å². The molecular formula is C14H10Cl3NO. The van der Waals surface area contributed by atoms with Gasteiger partial charge in [0.05, 0.1) is 22.3 Å². The van der Waals surface area contributed by atoms with Crippen molar-refractivity contribution in [1.29, 1.82) is 0 Å². The van der Waals surface area contributed by atoms with Crippen LogP contribution < -0.4 is 10.1 Å². The van der Waals surface area contributed by atoms with Gasteiger partial charge in [0.1, 0.15) is 11.9 Å². The Labute approximate surface area is 126 Å². The fourth-order valence-corrected chi connectivity index (χ4v) is 2.68. The summed E-state index contributed by atoms with van der Waals surface area (Å²) in [6.07, 6.45) is -0.167. The highest BCUT2D eigenvalue weighted by molar-refractivity contribution is 6.42. The lowest BCUT2D eigenvalue weighted by molar-refractivity contribution is 0.210. The number of hydrogen-bond donors (Lipinski definition) is 1. The lowest BCUT2D eigenvalue weighted by Gasteiger charge is -2.28. The van der Waals surface area contributed by atoms with Gasteiger partial charge in [-0.25, -0.2) is 0 Å². The Morgan fingerprint density at radius 2 is 1.95 bits per heavy atom. The highest BCUT2D eigenvalue weighted by Gasteiger charge is 2.23. The second-order valence-electron chi connectivity index (χ2n) is 4.27. The van der Waals surface area contributed by atoms with Crippen LogP contribution in [0.1, 0.15) is 11.7 Å². The Morgan fingerprint density at radius 3 is 2.79 bits per heavy atom. The normalized spacial score (nSPS) is 17.3. The van der Waals surface area contributed by atoms with Gasteiger partial charge in [-0.1, -0.05) is 46.9 Å². The molecule has 0 spiro atoms. The summed E-state index contributed by atoms with van der Waals surface area (Å²) >= 11 is 18.2. The number of ether oxygens (including phenoxy) is 1. The molecule has 0 amide bonds. The Bertz CT molecular complexity index is 630. The van der Waals surface area contributed by atoms with Gasteiger partial charge in [-0.15, -0.1) is 0 Å². The zero-order valence-corrected chi connectivity index (χ0v) is 12.1. The first kappa shape index (κ1) is 12.9. The molecule has 1 heterocycles. The number of fused-ring (bicyclic) bond motifs is 1. The second kappa shape index (κ2) is 5.12. The summed E-state index contributed by atoms with van der Waals surface area (Å²) < 4.78 is 5.94. The van der Waals surface area contributed by atoms with Crippen molar-refractivity contribution in [3.63, 3.8) is 0 Å². The predicted octanol–water partition coefficient (Wildman–Crippen LogP) is 5.19. The molecule has 0 bridgehead atoms. The Hall–Kier alpha value is -1.09. The third-order valence-corrected chi connectivity index (χ3v) is 4.09. The van der Waals surface area contributed by atoms with Crippen molar-refractivity contribution in [2.75, 3.05) is 11.9 Å². The van der Waals surface area contributed by atoms with Crippen molar-refractivity contribution >= 4 is 40.5 Å². The first-order valence-corrected chi connectivity index (χ1v) is 6.92. The highest BCUT2D eigenvalue weighted by atomic mass is 35.5. The Kier molecular flexibility index (Phi) is 3.48. The van der Waals surface area contributed by atoms with E-state index in [2.05, 4.69) is 5.32 Å². The summed E-state index contributed by atoms with van der Waals surface area (Å²) in [6.45, 7) is 0.618. The molecule has 0 aromatic heterocycles. The molecular weight excluding hydrogens is 305 g/mol. The van der Waals surface area contributed by atoms with Crippen LogP contribution in [-0.2, 0) is 0 Å². The molecule has 98 valence electrons. The van der Waals surface area contributed by atoms with Gasteiger partial charge in [-0.2, -0.15) is 0 Å². The van der Waals surface area contributed by atoms with Crippen LogP contribution in [0.25, 0.3) is 0 Å². The monoisotopic (exact) mass is 313 g/mol. The number of hydrogen-bond acceptors (Lipinski definition) is 2. The number of benzene rings is 2. The molecule has 19 heavy (non-hydrogen) atoms. The minimum absolute atomic E-state index is 0.167. The summed E-state index contributed by atoms with van der Waals surface area (Å²) in [4.78, 5) is 0. The number of halogens is 3. The molecule has 0 aliphatic carbocycles. The summed E-state index contributed by atoms with van der Waals surface area (Å²) in [5, 5.41) is 5.03. The van der Waals surface area contributed by atoms with Gasteiger partial charge in [-0.3, -0.25) is 0 Å². The van der Waals surface area contributed by atoms with Crippen molar-refractivity contribution in [2.24, 2.45) is 0 Å². The topological polar surface area (TPSA) is 21.3 Å². The van der Waals surface area contributed by atoms with E-state index in [0.29, 0.717) is 21.6 Å². The zero-order valence-electron chi connectivity index (χ0n) is 9.79. The van der Waals surface area contributed by atoms with Crippen LogP contribution in [0.5, 0.6) is 5.75 Å². The van der Waals surface area contributed by atoms with E-state index in [1.54, 1.807) is 12.1 Å². The third kappa shape index (κ3) is 2.48. The minimum atomic E-state index is -0.167. The van der Waals surface area contributed by atoms with Crippen LogP contribution in [0.15, 0.2) is 36.4 Å². The van der Waals surface area contributed by atoms with Gasteiger partial charge < -0.3 is 10.1 Å². The third-order valence-electron chi connectivity index (χ3n) is 3.02. The molecule has 0 saturated heterocycles. The van der Waals surface area contributed by atoms with Crippen molar-refractivity contribution in [3.05, 3.63) is 57.0 Å². The quantitative estimate of drug-likeness (QED) is 0.782. The first-order valence-electron chi connectivity index (χ1n) is 5.79.